The second-order valence-corrected chi connectivity index (χ2v) is 5.72. The van der Waals surface area contributed by atoms with Crippen molar-refractivity contribution in [2.24, 2.45) is 0 Å². The highest BCUT2D eigenvalue weighted by Crippen LogP contribution is 2.30. The molecule has 2 heterocycles. The number of hydrogen-bond donors (Lipinski definition) is 1. The standard InChI is InChI=1S/C12H12N2O2S2/c1-16-8-11(15)14-10-5-4-9(7-13-10)18-12-3-2-6-17-12/h2-7H,8H2,1H3,(H,13,14,15). The highest BCUT2D eigenvalue weighted by atomic mass is 32.2. The Bertz CT molecular complexity index is 497. The van der Waals surface area contributed by atoms with Gasteiger partial charge in [0.25, 0.3) is 5.91 Å². The first-order valence-electron chi connectivity index (χ1n) is 5.24. The summed E-state index contributed by atoms with van der Waals surface area (Å²) in [5, 5.41) is 4.68. The van der Waals surface area contributed by atoms with E-state index in [9.17, 15) is 4.79 Å². The fourth-order valence-electron chi connectivity index (χ4n) is 1.26. The third-order valence-electron chi connectivity index (χ3n) is 1.99. The molecule has 0 saturated heterocycles. The highest BCUT2D eigenvalue weighted by Gasteiger charge is 2.03. The summed E-state index contributed by atoms with van der Waals surface area (Å²) in [6.45, 7) is 0.0351. The number of ether oxygens (including phenoxy) is 1. The Labute approximate surface area is 113 Å². The Morgan fingerprint density at radius 3 is 3.00 bits per heavy atom. The maximum absolute atomic E-state index is 11.3. The van der Waals surface area contributed by atoms with E-state index in [1.165, 1.54) is 11.3 Å². The summed E-state index contributed by atoms with van der Waals surface area (Å²) >= 11 is 3.34. The van der Waals surface area contributed by atoms with E-state index in [0.717, 1.165) is 4.90 Å². The summed E-state index contributed by atoms with van der Waals surface area (Å²) in [5.41, 5.74) is 0. The Balaban J connectivity index is 1.95. The zero-order valence-corrected chi connectivity index (χ0v) is 11.4. The first kappa shape index (κ1) is 13.1. The predicted octanol–water partition coefficient (Wildman–Crippen LogP) is 2.88. The molecule has 0 aliphatic rings. The van der Waals surface area contributed by atoms with Crippen molar-refractivity contribution in [2.45, 2.75) is 9.10 Å². The maximum Gasteiger partial charge on any atom is 0.251 e. The Morgan fingerprint density at radius 1 is 1.50 bits per heavy atom. The molecule has 18 heavy (non-hydrogen) atoms. The van der Waals surface area contributed by atoms with Gasteiger partial charge in [0.15, 0.2) is 0 Å². The second-order valence-electron chi connectivity index (χ2n) is 3.39. The van der Waals surface area contributed by atoms with E-state index >= 15 is 0 Å². The summed E-state index contributed by atoms with van der Waals surface area (Å²) in [5.74, 6) is 0.330. The Hall–Kier alpha value is -1.37. The van der Waals surface area contributed by atoms with Gasteiger partial charge >= 0.3 is 0 Å². The topological polar surface area (TPSA) is 51.2 Å². The van der Waals surface area contributed by atoms with Gasteiger partial charge in [-0.2, -0.15) is 0 Å². The monoisotopic (exact) mass is 280 g/mol. The molecule has 0 fully saturated rings. The smallest absolute Gasteiger partial charge is 0.251 e. The molecular formula is C12H12N2O2S2. The van der Waals surface area contributed by atoms with Gasteiger partial charge in [0.2, 0.25) is 0 Å². The van der Waals surface area contributed by atoms with Crippen molar-refractivity contribution in [1.82, 2.24) is 4.98 Å². The SMILES string of the molecule is COCC(=O)Nc1ccc(Sc2cccs2)cn1. The summed E-state index contributed by atoms with van der Waals surface area (Å²) in [6, 6.07) is 7.78. The van der Waals surface area contributed by atoms with Crippen LogP contribution in [0.2, 0.25) is 0 Å². The van der Waals surface area contributed by atoms with Crippen molar-refractivity contribution in [3.05, 3.63) is 35.8 Å². The molecular weight excluding hydrogens is 268 g/mol. The van der Waals surface area contributed by atoms with Crippen LogP contribution in [0.15, 0.2) is 44.9 Å². The van der Waals surface area contributed by atoms with Crippen molar-refractivity contribution in [1.29, 1.82) is 0 Å². The van der Waals surface area contributed by atoms with Gasteiger partial charge in [0.1, 0.15) is 12.4 Å². The van der Waals surface area contributed by atoms with Gasteiger partial charge in [-0.1, -0.05) is 17.8 Å². The van der Waals surface area contributed by atoms with Crippen molar-refractivity contribution in [3.63, 3.8) is 0 Å². The Kier molecular flexibility index (Phi) is 4.74. The molecule has 0 bridgehead atoms. The van der Waals surface area contributed by atoms with Crippen LogP contribution in [0.3, 0.4) is 0 Å². The molecule has 0 radical (unpaired) electrons. The average molecular weight is 280 g/mol. The fourth-order valence-corrected chi connectivity index (χ4v) is 2.98. The molecule has 2 aromatic rings. The number of methoxy groups -OCH3 is 1. The van der Waals surface area contributed by atoms with Gasteiger partial charge in [0, 0.05) is 18.2 Å². The number of carbonyl (C=O) groups excluding carboxylic acids is 1. The number of aromatic nitrogens is 1. The van der Waals surface area contributed by atoms with E-state index in [4.69, 9.17) is 4.74 Å². The summed E-state index contributed by atoms with van der Waals surface area (Å²) in [6.07, 6.45) is 1.74. The van der Waals surface area contributed by atoms with E-state index < -0.39 is 0 Å². The minimum Gasteiger partial charge on any atom is -0.375 e. The van der Waals surface area contributed by atoms with Gasteiger partial charge in [-0.25, -0.2) is 4.98 Å². The third kappa shape index (κ3) is 3.83. The van der Waals surface area contributed by atoms with E-state index in [1.807, 2.05) is 17.5 Å². The molecule has 0 saturated carbocycles. The lowest BCUT2D eigenvalue weighted by atomic mass is 10.4. The number of pyridine rings is 1. The van der Waals surface area contributed by atoms with Crippen LogP contribution >= 0.6 is 23.1 Å². The molecule has 2 rings (SSSR count). The number of hydrogen-bond acceptors (Lipinski definition) is 5. The minimum atomic E-state index is -0.205. The van der Waals surface area contributed by atoms with Crippen LogP contribution in [0.4, 0.5) is 5.82 Å². The van der Waals surface area contributed by atoms with Gasteiger partial charge < -0.3 is 10.1 Å². The number of carbonyl (C=O) groups is 1. The molecule has 0 aliphatic heterocycles. The summed E-state index contributed by atoms with van der Waals surface area (Å²) in [4.78, 5) is 16.5. The lowest BCUT2D eigenvalue weighted by Crippen LogP contribution is -2.17. The number of thiophene rings is 1. The van der Waals surface area contributed by atoms with Crippen LogP contribution in [0.25, 0.3) is 0 Å². The number of amides is 1. The molecule has 0 aliphatic carbocycles. The zero-order chi connectivity index (χ0) is 12.8. The molecule has 94 valence electrons. The minimum absolute atomic E-state index is 0.0351. The normalized spacial score (nSPS) is 10.3. The third-order valence-corrected chi connectivity index (χ3v) is 4.01. The highest BCUT2D eigenvalue weighted by molar-refractivity contribution is 8.01. The number of anilines is 1. The van der Waals surface area contributed by atoms with E-state index in [2.05, 4.69) is 16.4 Å². The zero-order valence-electron chi connectivity index (χ0n) is 9.75. The molecule has 0 aromatic carbocycles. The van der Waals surface area contributed by atoms with Crippen LogP contribution < -0.4 is 5.32 Å². The lowest BCUT2D eigenvalue weighted by molar-refractivity contribution is -0.119. The van der Waals surface area contributed by atoms with Crippen LogP contribution in [0, 0.1) is 0 Å². The van der Waals surface area contributed by atoms with Crippen molar-refractivity contribution in [3.8, 4) is 0 Å². The molecule has 2 aromatic heterocycles. The van der Waals surface area contributed by atoms with Gasteiger partial charge in [-0.3, -0.25) is 4.79 Å². The van der Waals surface area contributed by atoms with Gasteiger partial charge in [0.05, 0.1) is 4.21 Å². The predicted molar refractivity (Wildman–Crippen MR) is 73.2 cm³/mol. The second kappa shape index (κ2) is 6.53. The summed E-state index contributed by atoms with van der Waals surface area (Å²) < 4.78 is 5.94. The molecule has 0 atom stereocenters. The first-order valence-corrected chi connectivity index (χ1v) is 6.94. The lowest BCUT2D eigenvalue weighted by Gasteiger charge is -2.04. The van der Waals surface area contributed by atoms with E-state index in [1.54, 1.807) is 35.4 Å². The number of rotatable bonds is 5. The Morgan fingerprint density at radius 2 is 2.39 bits per heavy atom. The largest absolute Gasteiger partial charge is 0.375 e. The van der Waals surface area contributed by atoms with Crippen LogP contribution in [-0.4, -0.2) is 24.6 Å². The van der Waals surface area contributed by atoms with Gasteiger partial charge in [-0.15, -0.1) is 11.3 Å². The van der Waals surface area contributed by atoms with Gasteiger partial charge in [-0.05, 0) is 23.6 Å². The first-order chi connectivity index (χ1) is 8.78. The van der Waals surface area contributed by atoms with E-state index in [0.29, 0.717) is 5.82 Å². The maximum atomic E-state index is 11.3. The number of nitrogens with zero attached hydrogens (tertiary/aromatic N) is 1. The van der Waals surface area contributed by atoms with Crippen molar-refractivity contribution in [2.75, 3.05) is 19.0 Å². The van der Waals surface area contributed by atoms with Crippen molar-refractivity contribution >= 4 is 34.8 Å². The fraction of sp³-hybridized carbons (Fsp3) is 0.167. The molecule has 0 spiro atoms. The van der Waals surface area contributed by atoms with Crippen LogP contribution in [-0.2, 0) is 9.53 Å². The average Bonchev–Trinajstić information content (AvgIpc) is 2.85. The van der Waals surface area contributed by atoms with Crippen LogP contribution in [0.5, 0.6) is 0 Å². The summed E-state index contributed by atoms with van der Waals surface area (Å²) in [7, 11) is 1.48. The molecule has 1 N–H and O–H groups in total. The van der Waals surface area contributed by atoms with Crippen LogP contribution in [0.1, 0.15) is 0 Å². The molecule has 1 amide bonds. The number of nitrogens with one attached hydrogen (secondary N) is 1. The quantitative estimate of drug-likeness (QED) is 0.915. The molecule has 4 nitrogen and oxygen atoms in total. The molecule has 0 unspecified atom stereocenters. The van der Waals surface area contributed by atoms with E-state index in [-0.39, 0.29) is 12.5 Å². The van der Waals surface area contributed by atoms with Crippen molar-refractivity contribution < 1.29 is 9.53 Å². The molecule has 6 heteroatoms.